The average molecular weight is 207 g/mol. The van der Waals surface area contributed by atoms with Crippen LogP contribution < -0.4 is 0 Å². The van der Waals surface area contributed by atoms with Gasteiger partial charge in [-0.05, 0) is 0 Å². The van der Waals surface area contributed by atoms with Crippen molar-refractivity contribution in [1.29, 1.82) is 0 Å². The summed E-state index contributed by atoms with van der Waals surface area (Å²) in [6.45, 7) is 0.199. The largest absolute Gasteiger partial charge is 0.327 e. The van der Waals surface area contributed by atoms with Crippen LogP contribution in [0.2, 0.25) is 0 Å². The number of urea groups is 1. The molecule has 0 atom stereocenters. The van der Waals surface area contributed by atoms with Gasteiger partial charge in [0.25, 0.3) is 5.91 Å². The molecule has 3 amide bonds. The maximum Gasteiger partial charge on any atom is 0.327 e. The number of rotatable bonds is 1. The standard InChI is InChI=1S/C5H7BrN2O2/c1-7-2-4(9)8(3-6)5(7)10/h2-3H2,1H3. The van der Waals surface area contributed by atoms with Crippen molar-refractivity contribution in [1.82, 2.24) is 9.80 Å². The lowest BCUT2D eigenvalue weighted by Gasteiger charge is -2.08. The molecule has 4 nitrogen and oxygen atoms in total. The van der Waals surface area contributed by atoms with Gasteiger partial charge in [0.05, 0.1) is 5.45 Å². The molecule has 0 bridgehead atoms. The molecule has 56 valence electrons. The number of imide groups is 1. The molecule has 0 spiro atoms. The fourth-order valence-electron chi connectivity index (χ4n) is 0.786. The summed E-state index contributed by atoms with van der Waals surface area (Å²) in [7, 11) is 1.60. The molecular weight excluding hydrogens is 200 g/mol. The zero-order valence-electron chi connectivity index (χ0n) is 5.50. The lowest BCUT2D eigenvalue weighted by atomic mass is 10.6. The third-order valence-corrected chi connectivity index (χ3v) is 1.85. The molecule has 0 aromatic carbocycles. The van der Waals surface area contributed by atoms with Crippen LogP contribution in [0.25, 0.3) is 0 Å². The highest BCUT2D eigenvalue weighted by Gasteiger charge is 2.32. The number of carbonyl (C=O) groups excluding carboxylic acids is 2. The van der Waals surface area contributed by atoms with Crippen molar-refractivity contribution in [2.75, 3.05) is 19.0 Å². The molecule has 1 saturated heterocycles. The van der Waals surface area contributed by atoms with Crippen LogP contribution >= 0.6 is 15.9 Å². The number of carbonyl (C=O) groups is 2. The number of likely N-dealkylation sites (N-methyl/N-ethyl adjacent to an activating group) is 1. The smallest absolute Gasteiger partial charge is 0.318 e. The lowest BCUT2D eigenvalue weighted by molar-refractivity contribution is -0.124. The number of nitrogens with zero attached hydrogens (tertiary/aromatic N) is 2. The van der Waals surface area contributed by atoms with Crippen LogP contribution in [0.4, 0.5) is 4.79 Å². The Bertz CT molecular complexity index is 182. The maximum atomic E-state index is 10.9. The van der Waals surface area contributed by atoms with Gasteiger partial charge in [-0.2, -0.15) is 0 Å². The fraction of sp³-hybridized carbons (Fsp3) is 0.600. The first-order valence-electron chi connectivity index (χ1n) is 2.78. The second-order valence-corrected chi connectivity index (χ2v) is 2.58. The molecule has 1 heterocycles. The minimum Gasteiger partial charge on any atom is -0.318 e. The Kier molecular flexibility index (Phi) is 1.94. The van der Waals surface area contributed by atoms with E-state index in [9.17, 15) is 9.59 Å². The summed E-state index contributed by atoms with van der Waals surface area (Å²) in [5, 5.41) is 0. The van der Waals surface area contributed by atoms with E-state index in [4.69, 9.17) is 0 Å². The van der Waals surface area contributed by atoms with E-state index < -0.39 is 0 Å². The van der Waals surface area contributed by atoms with E-state index in [2.05, 4.69) is 15.9 Å². The number of hydrogen-bond donors (Lipinski definition) is 0. The predicted octanol–water partition coefficient (Wildman–Crippen LogP) is 0.233. The molecule has 0 aromatic rings. The summed E-state index contributed by atoms with van der Waals surface area (Å²) >= 11 is 3.04. The number of amides is 3. The van der Waals surface area contributed by atoms with Gasteiger partial charge in [0.2, 0.25) is 0 Å². The van der Waals surface area contributed by atoms with E-state index in [1.54, 1.807) is 7.05 Å². The van der Waals surface area contributed by atoms with Crippen LogP contribution in [-0.4, -0.2) is 40.8 Å². The van der Waals surface area contributed by atoms with Gasteiger partial charge in [-0.25, -0.2) is 4.79 Å². The van der Waals surface area contributed by atoms with E-state index >= 15 is 0 Å². The molecule has 0 aromatic heterocycles. The van der Waals surface area contributed by atoms with Crippen LogP contribution in [-0.2, 0) is 4.79 Å². The van der Waals surface area contributed by atoms with Gasteiger partial charge in [-0.15, -0.1) is 0 Å². The van der Waals surface area contributed by atoms with Gasteiger partial charge in [-0.1, -0.05) is 15.9 Å². The van der Waals surface area contributed by atoms with Crippen molar-refractivity contribution < 1.29 is 9.59 Å². The molecular formula is C5H7BrN2O2. The Hall–Kier alpha value is -0.580. The lowest BCUT2D eigenvalue weighted by Crippen LogP contribution is -2.30. The Labute approximate surface area is 66.9 Å². The summed E-state index contributed by atoms with van der Waals surface area (Å²) in [5.41, 5.74) is 0.287. The highest BCUT2D eigenvalue weighted by molar-refractivity contribution is 9.09. The molecule has 0 radical (unpaired) electrons. The van der Waals surface area contributed by atoms with E-state index in [1.165, 1.54) is 4.90 Å². The summed E-state index contributed by atoms with van der Waals surface area (Å²) in [5.74, 6) is -0.149. The Balaban J connectivity index is 2.74. The molecule has 1 fully saturated rings. The highest BCUT2D eigenvalue weighted by Crippen LogP contribution is 2.08. The Morgan fingerprint density at radius 2 is 2.20 bits per heavy atom. The van der Waals surface area contributed by atoms with Crippen molar-refractivity contribution in [3.8, 4) is 0 Å². The number of hydrogen-bond acceptors (Lipinski definition) is 2. The van der Waals surface area contributed by atoms with Crippen LogP contribution in [0.3, 0.4) is 0 Å². The first-order valence-corrected chi connectivity index (χ1v) is 3.90. The molecule has 1 aliphatic rings. The van der Waals surface area contributed by atoms with Crippen molar-refractivity contribution in [2.24, 2.45) is 0 Å². The number of halogens is 1. The molecule has 0 unspecified atom stereocenters. The van der Waals surface area contributed by atoms with Gasteiger partial charge in [0.1, 0.15) is 6.54 Å². The Morgan fingerprint density at radius 1 is 1.60 bits per heavy atom. The fourth-order valence-corrected chi connectivity index (χ4v) is 1.28. The predicted molar refractivity (Wildman–Crippen MR) is 38.7 cm³/mol. The minimum absolute atomic E-state index is 0.149. The first-order chi connectivity index (χ1) is 4.66. The van der Waals surface area contributed by atoms with Gasteiger partial charge < -0.3 is 4.90 Å². The molecule has 10 heavy (non-hydrogen) atoms. The Morgan fingerprint density at radius 3 is 2.40 bits per heavy atom. The summed E-state index contributed by atoms with van der Waals surface area (Å²) in [6.07, 6.45) is 0. The van der Waals surface area contributed by atoms with Gasteiger partial charge >= 0.3 is 6.03 Å². The third-order valence-electron chi connectivity index (χ3n) is 1.35. The van der Waals surface area contributed by atoms with Crippen LogP contribution in [0, 0.1) is 0 Å². The van der Waals surface area contributed by atoms with Crippen LogP contribution in [0.1, 0.15) is 0 Å². The minimum atomic E-state index is -0.234. The summed E-state index contributed by atoms with van der Waals surface area (Å²) in [6, 6.07) is -0.234. The maximum absolute atomic E-state index is 10.9. The normalized spacial score (nSPS) is 19.0. The molecule has 5 heteroatoms. The topological polar surface area (TPSA) is 40.6 Å². The quantitative estimate of drug-likeness (QED) is 0.351. The van der Waals surface area contributed by atoms with Crippen molar-refractivity contribution in [3.63, 3.8) is 0 Å². The second-order valence-electron chi connectivity index (χ2n) is 2.08. The summed E-state index contributed by atoms with van der Waals surface area (Å²) in [4.78, 5) is 24.3. The van der Waals surface area contributed by atoms with E-state index in [0.29, 0.717) is 0 Å². The van der Waals surface area contributed by atoms with Crippen molar-refractivity contribution in [3.05, 3.63) is 0 Å². The zero-order chi connectivity index (χ0) is 7.72. The van der Waals surface area contributed by atoms with Crippen LogP contribution in [0.5, 0.6) is 0 Å². The molecule has 1 aliphatic heterocycles. The van der Waals surface area contributed by atoms with E-state index in [-0.39, 0.29) is 23.9 Å². The van der Waals surface area contributed by atoms with Gasteiger partial charge in [-0.3, -0.25) is 9.69 Å². The van der Waals surface area contributed by atoms with Gasteiger partial charge in [0, 0.05) is 7.05 Å². The SMILES string of the molecule is CN1CC(=O)N(CBr)C1=O. The van der Waals surface area contributed by atoms with Crippen molar-refractivity contribution >= 4 is 27.9 Å². The molecule has 1 rings (SSSR count). The molecule has 0 saturated carbocycles. The van der Waals surface area contributed by atoms with Gasteiger partial charge in [0.15, 0.2) is 0 Å². The molecule has 0 N–H and O–H groups in total. The zero-order valence-corrected chi connectivity index (χ0v) is 7.09. The second kappa shape index (κ2) is 2.57. The van der Waals surface area contributed by atoms with Crippen LogP contribution in [0.15, 0.2) is 0 Å². The molecule has 0 aliphatic carbocycles. The monoisotopic (exact) mass is 206 g/mol. The average Bonchev–Trinajstić information content (AvgIpc) is 2.09. The van der Waals surface area contributed by atoms with E-state index in [1.807, 2.05) is 0 Å². The third kappa shape index (κ3) is 1.01. The first kappa shape index (κ1) is 7.53. The number of alkyl halides is 1. The van der Waals surface area contributed by atoms with E-state index in [0.717, 1.165) is 4.90 Å². The summed E-state index contributed by atoms with van der Waals surface area (Å²) < 4.78 is 0. The van der Waals surface area contributed by atoms with Crippen molar-refractivity contribution in [2.45, 2.75) is 0 Å². The highest BCUT2D eigenvalue weighted by atomic mass is 79.9.